The summed E-state index contributed by atoms with van der Waals surface area (Å²) in [7, 11) is 0. The molecule has 2 heterocycles. The van der Waals surface area contributed by atoms with Crippen LogP contribution in [0.4, 0.5) is 0 Å². The average molecular weight is 716 g/mol. The van der Waals surface area contributed by atoms with Crippen LogP contribution in [-0.2, 0) is 9.53 Å². The van der Waals surface area contributed by atoms with E-state index in [-0.39, 0.29) is 36.1 Å². The molecule has 9 nitrogen and oxygen atoms in total. The Kier molecular flexibility index (Phi) is 10.8. The number of rotatable bonds is 10. The molecule has 15 unspecified atom stereocenters. The molecule has 0 aromatic rings. The van der Waals surface area contributed by atoms with Crippen LogP contribution >= 0.6 is 0 Å². The molecule has 0 aromatic heterocycles. The summed E-state index contributed by atoms with van der Waals surface area (Å²) in [5.74, 6) is 0.199. The second-order valence-corrected chi connectivity index (χ2v) is 19.3. The van der Waals surface area contributed by atoms with Crippen LogP contribution in [0.15, 0.2) is 11.6 Å². The van der Waals surface area contributed by atoms with Gasteiger partial charge < -0.3 is 35.6 Å². The van der Waals surface area contributed by atoms with Gasteiger partial charge >= 0.3 is 0 Å². The van der Waals surface area contributed by atoms with Crippen LogP contribution < -0.4 is 11.1 Å². The number of ketones is 1. The minimum Gasteiger partial charge on any atom is -0.390 e. The van der Waals surface area contributed by atoms with E-state index in [9.17, 15) is 30.3 Å². The summed E-state index contributed by atoms with van der Waals surface area (Å²) in [6.07, 6.45) is 15.6. The van der Waals surface area contributed by atoms with Gasteiger partial charge in [0.2, 0.25) is 0 Å². The number of hydrogen-bond acceptors (Lipinski definition) is 8. The van der Waals surface area contributed by atoms with Crippen molar-refractivity contribution < 1.29 is 40.4 Å². The van der Waals surface area contributed by atoms with E-state index >= 15 is 0 Å². The number of unbranched alkanes of at least 4 members (excludes halogenated alkanes) is 3. The minimum atomic E-state index is -1.51. The van der Waals surface area contributed by atoms with Crippen LogP contribution in [0, 0.1) is 46.3 Å². The lowest BCUT2D eigenvalue weighted by atomic mass is 9.43. The van der Waals surface area contributed by atoms with Gasteiger partial charge in [-0.15, -0.1) is 0 Å². The van der Waals surface area contributed by atoms with E-state index in [4.69, 9.17) is 10.5 Å². The average Bonchev–Trinajstić information content (AvgIpc) is 3.58. The molecular weight excluding hydrogens is 644 g/mol. The highest BCUT2D eigenvalue weighted by Gasteiger charge is 2.72. The van der Waals surface area contributed by atoms with Gasteiger partial charge in [-0.1, -0.05) is 52.4 Å². The van der Waals surface area contributed by atoms with Crippen LogP contribution in [-0.4, -0.2) is 85.7 Å². The fourth-order valence-electron chi connectivity index (χ4n) is 13.8. The predicted molar refractivity (Wildman–Crippen MR) is 195 cm³/mol. The standard InChI is InChI=1S/C42H70N2O7/c1-4-5-6-7-10-27-25-51-37-28(27)11-8-9-17-42(37,50)39(3,48)35-16-20-41(49)30-21-32(45)31-22-33(46)34(47)23-40(31,29(30)15-18-38(35,41)2)19-14-26-12-13-36(43)44-24-26/h21,26-29,31,33-37,44,46-50H,4-20,22-25,43H2,1-3H3/p+1. The molecule has 0 aromatic carbocycles. The Labute approximate surface area is 306 Å². The van der Waals surface area contributed by atoms with Crippen LogP contribution in [0.25, 0.3) is 0 Å². The summed E-state index contributed by atoms with van der Waals surface area (Å²) in [6, 6.07) is 0. The van der Waals surface area contributed by atoms with Crippen molar-refractivity contribution in [1.82, 2.24) is 0 Å². The lowest BCUT2D eigenvalue weighted by molar-refractivity contribution is -0.703. The zero-order valence-corrected chi connectivity index (χ0v) is 31.9. The molecule has 0 spiro atoms. The summed E-state index contributed by atoms with van der Waals surface area (Å²) in [5, 5.41) is 63.1. The molecule has 2 saturated heterocycles. The van der Waals surface area contributed by atoms with Gasteiger partial charge in [0, 0.05) is 23.7 Å². The van der Waals surface area contributed by atoms with Crippen molar-refractivity contribution in [2.75, 3.05) is 13.2 Å². The summed E-state index contributed by atoms with van der Waals surface area (Å²) < 4.78 is 6.55. The Morgan fingerprint density at radius 3 is 2.53 bits per heavy atom. The maximum absolute atomic E-state index is 14.2. The van der Waals surface area contributed by atoms with Gasteiger partial charge in [0.05, 0.1) is 42.7 Å². The van der Waals surface area contributed by atoms with E-state index in [1.807, 2.05) is 6.92 Å². The molecule has 2 aliphatic heterocycles. The molecule has 51 heavy (non-hydrogen) atoms. The predicted octanol–water partition coefficient (Wildman–Crippen LogP) is 3.87. The number of carbonyl (C=O) groups excluding carboxylic acids is 1. The Balaban J connectivity index is 1.17. The van der Waals surface area contributed by atoms with E-state index in [2.05, 4.69) is 19.2 Å². The number of fused-ring (bicyclic) bond motifs is 6. The first-order valence-corrected chi connectivity index (χ1v) is 21.2. The van der Waals surface area contributed by atoms with Crippen molar-refractivity contribution >= 4 is 5.78 Å². The van der Waals surface area contributed by atoms with E-state index in [0.717, 1.165) is 69.9 Å². The normalized spacial score (nSPS) is 49.6. The van der Waals surface area contributed by atoms with Crippen molar-refractivity contribution in [3.05, 3.63) is 11.6 Å². The number of piperidine rings is 1. The highest BCUT2D eigenvalue weighted by molar-refractivity contribution is 5.95. The summed E-state index contributed by atoms with van der Waals surface area (Å²) >= 11 is 0. The largest absolute Gasteiger partial charge is 0.390 e. The molecule has 290 valence electrons. The van der Waals surface area contributed by atoms with Crippen LogP contribution in [0.1, 0.15) is 143 Å². The molecule has 0 amide bonds. The fourth-order valence-corrected chi connectivity index (χ4v) is 13.8. The lowest BCUT2D eigenvalue weighted by Crippen LogP contribution is -2.95. The van der Waals surface area contributed by atoms with E-state index in [1.54, 1.807) is 6.08 Å². The minimum absolute atomic E-state index is 0.0353. The molecule has 7 rings (SSSR count). The third-order valence-electron chi connectivity index (χ3n) is 16.8. The Hall–Kier alpha value is -0.910. The van der Waals surface area contributed by atoms with Crippen molar-refractivity contribution in [2.24, 2.45) is 52.1 Å². The Morgan fingerprint density at radius 1 is 0.980 bits per heavy atom. The van der Waals surface area contributed by atoms with Crippen LogP contribution in [0.3, 0.4) is 0 Å². The van der Waals surface area contributed by atoms with E-state index in [1.165, 1.54) is 25.7 Å². The molecular formula is C42H71N2O7+. The first kappa shape index (κ1) is 38.4. The Morgan fingerprint density at radius 2 is 1.78 bits per heavy atom. The van der Waals surface area contributed by atoms with Gasteiger partial charge in [0.25, 0.3) is 0 Å². The van der Waals surface area contributed by atoms with E-state index in [0.29, 0.717) is 50.5 Å². The molecule has 15 atom stereocenters. The molecule has 0 radical (unpaired) electrons. The molecule has 4 saturated carbocycles. The van der Waals surface area contributed by atoms with Gasteiger partial charge in [0.15, 0.2) is 5.78 Å². The SMILES string of the molecule is CCCCCCC1COC2C1CCCCC2(O)C(C)(O)C1CCC2(O)C3=CC(=O)C4CC(O)C(O)CC4(CCC4CCC(N)[NH2+]C4)C3CCC12C. The number of allylic oxidation sites excluding steroid dienone is 1. The Bertz CT molecular complexity index is 1300. The van der Waals surface area contributed by atoms with Gasteiger partial charge in [-0.25, -0.2) is 0 Å². The number of aliphatic hydroxyl groups is 5. The zero-order chi connectivity index (χ0) is 36.4. The van der Waals surface area contributed by atoms with Gasteiger partial charge in [-0.2, -0.15) is 0 Å². The quantitative estimate of drug-likeness (QED) is 0.167. The topological polar surface area (TPSA) is 170 Å². The van der Waals surface area contributed by atoms with Crippen LogP contribution in [0.2, 0.25) is 0 Å². The molecule has 6 fully saturated rings. The number of nitrogens with two attached hydrogens (primary N) is 2. The third-order valence-corrected chi connectivity index (χ3v) is 16.8. The number of ether oxygens (including phenoxy) is 1. The van der Waals surface area contributed by atoms with E-state index < -0.39 is 51.9 Å². The second-order valence-electron chi connectivity index (χ2n) is 19.3. The molecule has 7 aliphatic rings. The molecule has 5 aliphatic carbocycles. The van der Waals surface area contributed by atoms with Gasteiger partial charge in [0.1, 0.15) is 11.8 Å². The maximum atomic E-state index is 14.2. The number of carbonyl (C=O) groups is 1. The van der Waals surface area contributed by atoms with Crippen molar-refractivity contribution in [3.8, 4) is 0 Å². The second kappa shape index (κ2) is 14.3. The monoisotopic (exact) mass is 716 g/mol. The smallest absolute Gasteiger partial charge is 0.159 e. The van der Waals surface area contributed by atoms with Gasteiger partial charge in [-0.05, 0) is 125 Å². The third kappa shape index (κ3) is 6.15. The zero-order valence-electron chi connectivity index (χ0n) is 31.9. The molecule has 0 bridgehead atoms. The maximum Gasteiger partial charge on any atom is 0.159 e. The number of quaternary nitrogens is 1. The molecule has 9 N–H and O–H groups in total. The lowest BCUT2D eigenvalue weighted by Gasteiger charge is -2.62. The first-order chi connectivity index (χ1) is 24.2. The highest BCUT2D eigenvalue weighted by atomic mass is 16.5. The van der Waals surface area contributed by atoms with Crippen molar-refractivity contribution in [1.29, 1.82) is 0 Å². The number of hydrogen-bond donors (Lipinski definition) is 7. The number of aliphatic hydroxyl groups excluding tert-OH is 2. The van der Waals surface area contributed by atoms with Crippen molar-refractivity contribution in [3.63, 3.8) is 0 Å². The summed E-state index contributed by atoms with van der Waals surface area (Å²) in [6.45, 7) is 7.75. The summed E-state index contributed by atoms with van der Waals surface area (Å²) in [4.78, 5) is 14.2. The first-order valence-electron chi connectivity index (χ1n) is 21.2. The highest BCUT2D eigenvalue weighted by Crippen LogP contribution is 2.70. The van der Waals surface area contributed by atoms with Crippen LogP contribution in [0.5, 0.6) is 0 Å². The molecule has 9 heteroatoms. The van der Waals surface area contributed by atoms with Gasteiger partial charge in [-0.3, -0.25) is 10.5 Å². The van der Waals surface area contributed by atoms with Crippen molar-refractivity contribution in [2.45, 2.75) is 184 Å². The summed E-state index contributed by atoms with van der Waals surface area (Å²) in [5.41, 5.74) is 1.41. The fraction of sp³-hybridized carbons (Fsp3) is 0.929.